The molecule has 5 heteroatoms. The average molecular weight is 207 g/mol. The summed E-state index contributed by atoms with van der Waals surface area (Å²) in [6.07, 6.45) is -0.198. The van der Waals surface area contributed by atoms with Gasteiger partial charge in [-0.1, -0.05) is 0 Å². The maximum Gasteiger partial charge on any atom is 0.220 e. The van der Waals surface area contributed by atoms with E-state index in [9.17, 15) is 4.79 Å². The SMILES string of the molecule is CCNC(=O)CCSCC(O)CO. The Kier molecular flexibility index (Phi) is 8.18. The van der Waals surface area contributed by atoms with Crippen molar-refractivity contribution in [2.45, 2.75) is 19.4 Å². The molecule has 0 saturated carbocycles. The fourth-order valence-electron chi connectivity index (χ4n) is 0.722. The van der Waals surface area contributed by atoms with Gasteiger partial charge in [-0.05, 0) is 6.92 Å². The van der Waals surface area contributed by atoms with E-state index >= 15 is 0 Å². The highest BCUT2D eigenvalue weighted by atomic mass is 32.2. The van der Waals surface area contributed by atoms with E-state index in [1.807, 2.05) is 6.92 Å². The summed E-state index contributed by atoms with van der Waals surface area (Å²) in [5, 5.41) is 20.1. The molecule has 0 heterocycles. The van der Waals surface area contributed by atoms with Gasteiger partial charge < -0.3 is 15.5 Å². The monoisotopic (exact) mass is 207 g/mol. The first-order valence-corrected chi connectivity index (χ1v) is 5.49. The Morgan fingerprint density at radius 2 is 2.31 bits per heavy atom. The molecule has 3 N–H and O–H groups in total. The number of carbonyl (C=O) groups excluding carboxylic acids is 1. The molecule has 4 nitrogen and oxygen atoms in total. The van der Waals surface area contributed by atoms with Crippen LogP contribution >= 0.6 is 11.8 Å². The number of amides is 1. The van der Waals surface area contributed by atoms with Crippen molar-refractivity contribution in [1.82, 2.24) is 5.32 Å². The van der Waals surface area contributed by atoms with Gasteiger partial charge in [0.25, 0.3) is 0 Å². The number of rotatable bonds is 7. The highest BCUT2D eigenvalue weighted by Gasteiger charge is 2.03. The van der Waals surface area contributed by atoms with E-state index in [1.165, 1.54) is 11.8 Å². The molecule has 0 rings (SSSR count). The molecule has 13 heavy (non-hydrogen) atoms. The first-order valence-electron chi connectivity index (χ1n) is 4.34. The fraction of sp³-hybridized carbons (Fsp3) is 0.875. The molecular weight excluding hydrogens is 190 g/mol. The Labute approximate surface area is 82.7 Å². The van der Waals surface area contributed by atoms with Crippen LogP contribution in [0.15, 0.2) is 0 Å². The Morgan fingerprint density at radius 3 is 2.85 bits per heavy atom. The van der Waals surface area contributed by atoms with Crippen LogP contribution in [0, 0.1) is 0 Å². The minimum Gasteiger partial charge on any atom is -0.394 e. The zero-order valence-corrected chi connectivity index (χ0v) is 8.64. The predicted octanol–water partition coefficient (Wildman–Crippen LogP) is -0.401. The van der Waals surface area contributed by atoms with Gasteiger partial charge in [0.15, 0.2) is 0 Å². The van der Waals surface area contributed by atoms with Gasteiger partial charge in [-0.25, -0.2) is 0 Å². The van der Waals surface area contributed by atoms with Crippen LogP contribution in [0.3, 0.4) is 0 Å². The van der Waals surface area contributed by atoms with E-state index in [0.717, 1.165) is 0 Å². The molecule has 0 aliphatic carbocycles. The van der Waals surface area contributed by atoms with E-state index in [2.05, 4.69) is 5.32 Å². The molecule has 0 aromatic rings. The Morgan fingerprint density at radius 1 is 1.62 bits per heavy atom. The molecule has 1 amide bonds. The molecule has 0 aromatic carbocycles. The third-order valence-electron chi connectivity index (χ3n) is 1.37. The van der Waals surface area contributed by atoms with Gasteiger partial charge >= 0.3 is 0 Å². The van der Waals surface area contributed by atoms with Crippen LogP contribution < -0.4 is 5.32 Å². The van der Waals surface area contributed by atoms with E-state index in [4.69, 9.17) is 10.2 Å². The summed E-state index contributed by atoms with van der Waals surface area (Å²) in [6.45, 7) is 2.32. The molecule has 1 atom stereocenters. The van der Waals surface area contributed by atoms with Gasteiger partial charge in [0.05, 0.1) is 12.7 Å². The Balaban J connectivity index is 3.20. The molecule has 0 aliphatic rings. The Hall–Kier alpha value is -0.260. The summed E-state index contributed by atoms with van der Waals surface area (Å²) in [4.78, 5) is 10.9. The number of nitrogens with one attached hydrogen (secondary N) is 1. The van der Waals surface area contributed by atoms with Crippen LogP contribution in [0.5, 0.6) is 0 Å². The first-order chi connectivity index (χ1) is 6.20. The van der Waals surface area contributed by atoms with Gasteiger partial charge in [-0.15, -0.1) is 0 Å². The molecule has 0 aromatic heterocycles. The number of aliphatic hydroxyl groups is 2. The number of hydrogen-bond acceptors (Lipinski definition) is 4. The average Bonchev–Trinajstić information content (AvgIpc) is 2.12. The fourth-order valence-corrected chi connectivity index (χ4v) is 1.60. The lowest BCUT2D eigenvalue weighted by atomic mass is 10.4. The summed E-state index contributed by atoms with van der Waals surface area (Å²) >= 11 is 1.47. The number of aliphatic hydroxyl groups excluding tert-OH is 2. The second-order valence-corrected chi connectivity index (χ2v) is 3.76. The van der Waals surface area contributed by atoms with Gasteiger partial charge in [0.1, 0.15) is 0 Å². The highest BCUT2D eigenvalue weighted by molar-refractivity contribution is 7.99. The van der Waals surface area contributed by atoms with Crippen molar-refractivity contribution in [2.75, 3.05) is 24.7 Å². The first kappa shape index (κ1) is 12.7. The predicted molar refractivity (Wildman–Crippen MR) is 53.7 cm³/mol. The van der Waals surface area contributed by atoms with Crippen LogP contribution in [-0.4, -0.2) is 46.9 Å². The molecule has 0 fully saturated rings. The lowest BCUT2D eigenvalue weighted by Gasteiger charge is -2.06. The summed E-state index contributed by atoms with van der Waals surface area (Å²) in [5.41, 5.74) is 0. The number of hydrogen-bond donors (Lipinski definition) is 3. The van der Waals surface area contributed by atoms with Crippen LogP contribution in [0.4, 0.5) is 0 Å². The maximum atomic E-state index is 10.9. The molecule has 78 valence electrons. The van der Waals surface area contributed by atoms with E-state index < -0.39 is 6.10 Å². The third-order valence-corrected chi connectivity index (χ3v) is 2.48. The summed E-state index contributed by atoms with van der Waals surface area (Å²) in [5.74, 6) is 1.20. The number of thioether (sulfide) groups is 1. The zero-order chi connectivity index (χ0) is 10.1. The second kappa shape index (κ2) is 8.34. The van der Waals surface area contributed by atoms with E-state index in [-0.39, 0.29) is 12.5 Å². The smallest absolute Gasteiger partial charge is 0.220 e. The van der Waals surface area contributed by atoms with Gasteiger partial charge in [-0.3, -0.25) is 4.79 Å². The standard InChI is InChI=1S/C8H17NO3S/c1-2-9-8(12)3-4-13-6-7(11)5-10/h7,10-11H,2-6H2,1H3,(H,9,12). The van der Waals surface area contributed by atoms with Crippen molar-refractivity contribution in [2.24, 2.45) is 0 Å². The second-order valence-electron chi connectivity index (χ2n) is 2.61. The lowest BCUT2D eigenvalue weighted by molar-refractivity contribution is -0.120. The zero-order valence-electron chi connectivity index (χ0n) is 7.82. The highest BCUT2D eigenvalue weighted by Crippen LogP contribution is 2.04. The Bertz CT molecular complexity index is 143. The molecule has 0 bridgehead atoms. The summed E-state index contributed by atoms with van der Waals surface area (Å²) in [7, 11) is 0. The van der Waals surface area contributed by atoms with E-state index in [0.29, 0.717) is 24.5 Å². The quantitative estimate of drug-likeness (QED) is 0.497. The number of carbonyl (C=O) groups is 1. The van der Waals surface area contributed by atoms with Gasteiger partial charge in [0.2, 0.25) is 5.91 Å². The van der Waals surface area contributed by atoms with Crippen molar-refractivity contribution in [3.05, 3.63) is 0 Å². The van der Waals surface area contributed by atoms with Crippen molar-refractivity contribution in [3.63, 3.8) is 0 Å². The van der Waals surface area contributed by atoms with E-state index in [1.54, 1.807) is 0 Å². The summed E-state index contributed by atoms with van der Waals surface area (Å²) in [6, 6.07) is 0. The molecule has 1 unspecified atom stereocenters. The minimum atomic E-state index is -0.667. The summed E-state index contributed by atoms with van der Waals surface area (Å²) < 4.78 is 0. The van der Waals surface area contributed by atoms with Gasteiger partial charge in [0, 0.05) is 24.5 Å². The molecular formula is C8H17NO3S. The molecule has 0 saturated heterocycles. The molecule has 0 aliphatic heterocycles. The maximum absolute atomic E-state index is 10.9. The van der Waals surface area contributed by atoms with Crippen molar-refractivity contribution >= 4 is 17.7 Å². The third kappa shape index (κ3) is 8.08. The molecule has 0 radical (unpaired) electrons. The van der Waals surface area contributed by atoms with Crippen molar-refractivity contribution in [1.29, 1.82) is 0 Å². The van der Waals surface area contributed by atoms with Crippen LogP contribution in [0.25, 0.3) is 0 Å². The lowest BCUT2D eigenvalue weighted by Crippen LogP contribution is -2.23. The van der Waals surface area contributed by atoms with Crippen LogP contribution in [-0.2, 0) is 4.79 Å². The molecule has 0 spiro atoms. The van der Waals surface area contributed by atoms with Gasteiger partial charge in [-0.2, -0.15) is 11.8 Å². The topological polar surface area (TPSA) is 69.6 Å². The normalized spacial score (nSPS) is 12.5. The minimum absolute atomic E-state index is 0.0356. The van der Waals surface area contributed by atoms with Crippen molar-refractivity contribution < 1.29 is 15.0 Å². The van der Waals surface area contributed by atoms with Crippen LogP contribution in [0.2, 0.25) is 0 Å². The largest absolute Gasteiger partial charge is 0.394 e. The van der Waals surface area contributed by atoms with Crippen LogP contribution in [0.1, 0.15) is 13.3 Å². The van der Waals surface area contributed by atoms with Crippen molar-refractivity contribution in [3.8, 4) is 0 Å².